The maximum absolute atomic E-state index is 13.9. The molecule has 0 fully saturated rings. The van der Waals surface area contributed by atoms with E-state index < -0.39 is 17.8 Å². The minimum absolute atomic E-state index is 0.151. The summed E-state index contributed by atoms with van der Waals surface area (Å²) in [6.07, 6.45) is -4.79. The van der Waals surface area contributed by atoms with E-state index in [1.54, 1.807) is 0 Å². The molecule has 2 rings (SSSR count). The maximum Gasteiger partial charge on any atom is 0.433 e. The first-order chi connectivity index (χ1) is 10.1. The molecule has 118 valence electrons. The number of hydrogen-bond donors (Lipinski definition) is 0. The van der Waals surface area contributed by atoms with Gasteiger partial charge in [-0.3, -0.25) is 0 Å². The summed E-state index contributed by atoms with van der Waals surface area (Å²) < 4.78 is 51.4. The summed E-state index contributed by atoms with van der Waals surface area (Å²) in [5.41, 5.74) is -1.97. The molecule has 10 heteroatoms. The van der Waals surface area contributed by atoms with Gasteiger partial charge in [0.2, 0.25) is 5.95 Å². The predicted octanol–water partition coefficient (Wildman–Crippen LogP) is 7.17. The Balaban J connectivity index is 2.74. The lowest BCUT2D eigenvalue weighted by Gasteiger charge is -2.14. The van der Waals surface area contributed by atoms with Crippen LogP contribution in [0.5, 0.6) is 0 Å². The molecule has 1 heterocycles. The molecule has 1 nitrogen and oxygen atoms in total. The summed E-state index contributed by atoms with van der Waals surface area (Å²) in [6, 6.07) is 1.42. The Morgan fingerprint density at radius 1 is 0.773 bits per heavy atom. The molecule has 0 amide bonds. The van der Waals surface area contributed by atoms with E-state index in [2.05, 4.69) is 4.98 Å². The standard InChI is InChI=1S/C12H2Cl5F4N/c13-6-5(7(14)9(16)10(17)8(6)15)3-1-2-4(12(19,20)21)22-11(3)18/h1-2H. The van der Waals surface area contributed by atoms with Crippen LogP contribution in [0.4, 0.5) is 17.6 Å². The number of benzene rings is 1. The van der Waals surface area contributed by atoms with Gasteiger partial charge >= 0.3 is 6.18 Å². The second-order valence-electron chi connectivity index (χ2n) is 3.98. The second-order valence-corrected chi connectivity index (χ2v) is 5.87. The Kier molecular flexibility index (Phi) is 5.05. The molecule has 0 aliphatic carbocycles. The van der Waals surface area contributed by atoms with E-state index in [0.29, 0.717) is 6.07 Å². The van der Waals surface area contributed by atoms with Gasteiger partial charge in [-0.15, -0.1) is 0 Å². The highest BCUT2D eigenvalue weighted by Gasteiger charge is 2.34. The zero-order chi connectivity index (χ0) is 16.8. The fourth-order valence-corrected chi connectivity index (χ4v) is 2.96. The topological polar surface area (TPSA) is 12.9 Å². The molecule has 0 saturated carbocycles. The number of rotatable bonds is 1. The third-order valence-electron chi connectivity index (χ3n) is 2.62. The minimum Gasteiger partial charge on any atom is -0.215 e. The fraction of sp³-hybridized carbons (Fsp3) is 0.0833. The minimum atomic E-state index is -4.79. The number of aromatic nitrogens is 1. The maximum atomic E-state index is 13.9. The lowest BCUT2D eigenvalue weighted by atomic mass is 10.1. The van der Waals surface area contributed by atoms with Crippen LogP contribution in [0.3, 0.4) is 0 Å². The molecule has 1 aromatic carbocycles. The summed E-state index contributed by atoms with van der Waals surface area (Å²) in [6.45, 7) is 0. The molecule has 0 spiro atoms. The Morgan fingerprint density at radius 3 is 1.64 bits per heavy atom. The fourth-order valence-electron chi connectivity index (χ4n) is 1.62. The first-order valence-corrected chi connectivity index (χ1v) is 7.20. The second kappa shape index (κ2) is 6.21. The lowest BCUT2D eigenvalue weighted by Crippen LogP contribution is -2.09. The number of halogens is 9. The lowest BCUT2D eigenvalue weighted by molar-refractivity contribution is -0.141. The highest BCUT2D eigenvalue weighted by molar-refractivity contribution is 6.56. The van der Waals surface area contributed by atoms with Gasteiger partial charge in [-0.25, -0.2) is 4.98 Å². The van der Waals surface area contributed by atoms with Crippen LogP contribution in [-0.2, 0) is 6.18 Å². The Hall–Kier alpha value is -0.460. The SMILES string of the molecule is Fc1nc(C(F)(F)F)ccc1-c1c(Cl)c(Cl)c(Cl)c(Cl)c1Cl. The van der Waals surface area contributed by atoms with Crippen molar-refractivity contribution in [3.05, 3.63) is 48.9 Å². The van der Waals surface area contributed by atoms with Crippen molar-refractivity contribution in [2.45, 2.75) is 6.18 Å². The van der Waals surface area contributed by atoms with Crippen molar-refractivity contribution < 1.29 is 17.6 Å². The molecule has 0 aliphatic rings. The third kappa shape index (κ3) is 3.10. The van der Waals surface area contributed by atoms with Crippen molar-refractivity contribution in [1.29, 1.82) is 0 Å². The van der Waals surface area contributed by atoms with Crippen LogP contribution in [0, 0.1) is 5.95 Å². The van der Waals surface area contributed by atoms with Crippen molar-refractivity contribution in [3.63, 3.8) is 0 Å². The molecule has 1 aromatic heterocycles. The molecule has 0 atom stereocenters. The molecule has 0 aliphatic heterocycles. The monoisotopic (exact) mass is 411 g/mol. The smallest absolute Gasteiger partial charge is 0.215 e. The highest BCUT2D eigenvalue weighted by Crippen LogP contribution is 2.48. The number of alkyl halides is 3. The Labute approximate surface area is 146 Å². The Morgan fingerprint density at radius 2 is 1.23 bits per heavy atom. The van der Waals surface area contributed by atoms with Crippen LogP contribution in [0.15, 0.2) is 12.1 Å². The molecule has 0 radical (unpaired) electrons. The van der Waals surface area contributed by atoms with E-state index in [9.17, 15) is 17.6 Å². The summed E-state index contributed by atoms with van der Waals surface area (Å²) >= 11 is 29.3. The molecule has 2 aromatic rings. The van der Waals surface area contributed by atoms with Gasteiger partial charge in [0, 0.05) is 11.1 Å². The van der Waals surface area contributed by atoms with Crippen LogP contribution < -0.4 is 0 Å². The normalized spacial score (nSPS) is 11.9. The molecule has 22 heavy (non-hydrogen) atoms. The summed E-state index contributed by atoms with van der Waals surface area (Å²) in [4.78, 5) is 2.86. The first kappa shape index (κ1) is 17.9. The molecule has 0 saturated heterocycles. The van der Waals surface area contributed by atoms with Gasteiger partial charge in [0.05, 0.1) is 25.1 Å². The molecular weight excluding hydrogens is 411 g/mol. The van der Waals surface area contributed by atoms with Crippen molar-refractivity contribution in [2.75, 3.05) is 0 Å². The quantitative estimate of drug-likeness (QED) is 0.209. The van der Waals surface area contributed by atoms with Gasteiger partial charge < -0.3 is 0 Å². The molecule has 0 bridgehead atoms. The predicted molar refractivity (Wildman–Crippen MR) is 79.7 cm³/mol. The van der Waals surface area contributed by atoms with Crippen LogP contribution >= 0.6 is 58.0 Å². The van der Waals surface area contributed by atoms with Gasteiger partial charge in [0.25, 0.3) is 0 Å². The summed E-state index contributed by atoms with van der Waals surface area (Å²) in [5, 5.41) is -1.05. The van der Waals surface area contributed by atoms with Crippen molar-refractivity contribution in [2.24, 2.45) is 0 Å². The van der Waals surface area contributed by atoms with Gasteiger partial charge in [-0.1, -0.05) is 58.0 Å². The van der Waals surface area contributed by atoms with Crippen LogP contribution in [0.25, 0.3) is 11.1 Å². The van der Waals surface area contributed by atoms with Crippen molar-refractivity contribution in [3.8, 4) is 11.1 Å². The number of nitrogens with zero attached hydrogens (tertiary/aromatic N) is 1. The zero-order valence-electron chi connectivity index (χ0n) is 10.0. The summed E-state index contributed by atoms with van der Waals surface area (Å²) in [7, 11) is 0. The average Bonchev–Trinajstić information content (AvgIpc) is 2.43. The van der Waals surface area contributed by atoms with E-state index in [1.807, 2.05) is 0 Å². The first-order valence-electron chi connectivity index (χ1n) is 5.31. The van der Waals surface area contributed by atoms with E-state index in [-0.39, 0.29) is 36.2 Å². The highest BCUT2D eigenvalue weighted by atomic mass is 35.5. The number of hydrogen-bond acceptors (Lipinski definition) is 1. The van der Waals surface area contributed by atoms with Gasteiger partial charge in [-0.2, -0.15) is 17.6 Å². The van der Waals surface area contributed by atoms with Gasteiger partial charge in [0.15, 0.2) is 0 Å². The van der Waals surface area contributed by atoms with Crippen molar-refractivity contribution in [1.82, 2.24) is 4.98 Å². The van der Waals surface area contributed by atoms with Gasteiger partial charge in [0.1, 0.15) is 5.69 Å². The molecule has 0 unspecified atom stereocenters. The van der Waals surface area contributed by atoms with E-state index in [4.69, 9.17) is 58.0 Å². The largest absolute Gasteiger partial charge is 0.433 e. The molecule has 0 N–H and O–H groups in total. The van der Waals surface area contributed by atoms with E-state index in [0.717, 1.165) is 6.07 Å². The average molecular weight is 413 g/mol. The zero-order valence-corrected chi connectivity index (χ0v) is 13.8. The van der Waals surface area contributed by atoms with Crippen LogP contribution in [0.1, 0.15) is 5.69 Å². The summed E-state index contributed by atoms with van der Waals surface area (Å²) in [5.74, 6) is -1.42. The van der Waals surface area contributed by atoms with Gasteiger partial charge in [-0.05, 0) is 12.1 Å². The van der Waals surface area contributed by atoms with Crippen LogP contribution in [-0.4, -0.2) is 4.98 Å². The molecular formula is C12H2Cl5F4N. The van der Waals surface area contributed by atoms with E-state index in [1.165, 1.54) is 0 Å². The number of pyridine rings is 1. The Bertz CT molecular complexity index is 731. The van der Waals surface area contributed by atoms with Crippen LogP contribution in [0.2, 0.25) is 25.1 Å². The van der Waals surface area contributed by atoms with E-state index >= 15 is 0 Å². The third-order valence-corrected chi connectivity index (χ3v) is 4.90. The van der Waals surface area contributed by atoms with Crippen molar-refractivity contribution >= 4 is 58.0 Å².